The van der Waals surface area contributed by atoms with Crippen molar-refractivity contribution in [2.45, 2.75) is 40.0 Å². The van der Waals surface area contributed by atoms with Crippen LogP contribution in [0.3, 0.4) is 0 Å². The van der Waals surface area contributed by atoms with Crippen LogP contribution < -0.4 is 25.6 Å². The van der Waals surface area contributed by atoms with E-state index in [-0.39, 0.29) is 31.6 Å². The molecule has 9 rings (SSSR count). The summed E-state index contributed by atoms with van der Waals surface area (Å²) in [6, 6.07) is 46.8. The van der Waals surface area contributed by atoms with Crippen LogP contribution >= 0.6 is 0 Å². The normalized spacial score (nSPS) is 14.9. The summed E-state index contributed by atoms with van der Waals surface area (Å²) in [4.78, 5) is 17.8. The molecule has 0 aliphatic carbocycles. The van der Waals surface area contributed by atoms with Gasteiger partial charge in [0, 0.05) is 37.6 Å². The number of para-hydroxylation sites is 1. The molecule has 0 atom stereocenters. The first-order valence-electron chi connectivity index (χ1n) is 17.2. The zero-order valence-corrected chi connectivity index (χ0v) is 34.0. The van der Waals surface area contributed by atoms with Gasteiger partial charge in [-0.15, -0.1) is 28.1 Å². The minimum absolute atomic E-state index is 0. The zero-order valence-electron chi connectivity index (χ0n) is 29.6. The van der Waals surface area contributed by atoms with Gasteiger partial charge in [-0.05, 0) is 80.7 Å². The summed E-state index contributed by atoms with van der Waals surface area (Å²) in [6.45, 7) is 13.0. The number of benzene rings is 6. The molecule has 0 saturated heterocycles. The Balaban J connectivity index is 0.000000464. The van der Waals surface area contributed by atoms with Crippen molar-refractivity contribution >= 4 is 92.2 Å². The minimum atomic E-state index is -2.16. The van der Waals surface area contributed by atoms with Gasteiger partial charge in [-0.2, -0.15) is 0 Å². The van der Waals surface area contributed by atoms with Crippen LogP contribution in [0.1, 0.15) is 13.8 Å². The molecule has 0 unspecified atom stereocenters. The van der Waals surface area contributed by atoms with Gasteiger partial charge in [-0.1, -0.05) is 117 Å². The van der Waals surface area contributed by atoms with Crippen molar-refractivity contribution in [3.8, 4) is 11.3 Å². The molecule has 7 heteroatoms. The van der Waals surface area contributed by atoms with E-state index in [1.807, 2.05) is 0 Å². The molecular weight excluding hydrogens is 837 g/mol. The Hall–Kier alpha value is -4.66. The van der Waals surface area contributed by atoms with Gasteiger partial charge in [-0.25, -0.2) is 0 Å². The number of anilines is 3. The second-order valence-electron chi connectivity index (χ2n) is 14.6. The van der Waals surface area contributed by atoms with Crippen LogP contribution in [0.25, 0.3) is 43.7 Å². The van der Waals surface area contributed by atoms with Crippen molar-refractivity contribution < 1.29 is 30.0 Å². The number of ketones is 1. The maximum Gasteiger partial charge on any atom is 0.155 e. The molecule has 0 fully saturated rings. The fourth-order valence-corrected chi connectivity index (χ4v) is 13.9. The third-order valence-corrected chi connectivity index (χ3v) is 17.2. The van der Waals surface area contributed by atoms with Crippen LogP contribution in [0.15, 0.2) is 127 Å². The third-order valence-electron chi connectivity index (χ3n) is 10.4. The van der Waals surface area contributed by atoms with Crippen LogP contribution in [-0.4, -0.2) is 32.0 Å². The number of carbonyl (C=O) groups excluding carboxylic acids is 1. The van der Waals surface area contributed by atoms with Gasteiger partial charge in [0.1, 0.15) is 0 Å². The molecule has 1 radical (unpaired) electrons. The van der Waals surface area contributed by atoms with E-state index in [4.69, 9.17) is 10.1 Å². The van der Waals surface area contributed by atoms with E-state index in [0.717, 1.165) is 16.8 Å². The van der Waals surface area contributed by atoms with Crippen LogP contribution in [0, 0.1) is 6.07 Å². The summed E-state index contributed by atoms with van der Waals surface area (Å²) in [5.74, 6) is -0.0625. The summed E-state index contributed by atoms with van der Waals surface area (Å²) in [5, 5.41) is 20.6. The Morgan fingerprint density at radius 1 is 0.667 bits per heavy atom. The number of fused-ring (bicyclic) bond motifs is 7. The van der Waals surface area contributed by atoms with Gasteiger partial charge in [0.2, 0.25) is 0 Å². The molecule has 1 aromatic heterocycles. The molecule has 0 saturated carbocycles. The number of aliphatic hydroxyl groups excluding tert-OH is 1. The average molecular weight is 876 g/mol. The maximum absolute atomic E-state index is 10.0. The molecule has 3 heterocycles. The van der Waals surface area contributed by atoms with Gasteiger partial charge in [-0.3, -0.25) is 9.78 Å². The number of nitrogens with zero attached hydrogens (tertiary/aromatic N) is 2. The van der Waals surface area contributed by atoms with Crippen molar-refractivity contribution in [1.29, 1.82) is 0 Å². The maximum atomic E-state index is 10.0. The first kappa shape index (κ1) is 34.8. The first-order valence-corrected chi connectivity index (χ1v) is 23.2. The molecule has 0 bridgehead atoms. The predicted octanol–water partition coefficient (Wildman–Crippen LogP) is 8.78. The van der Waals surface area contributed by atoms with E-state index in [1.165, 1.54) is 84.7 Å². The fourth-order valence-electron chi connectivity index (χ4n) is 7.86. The van der Waals surface area contributed by atoms with E-state index in [0.29, 0.717) is 0 Å². The second-order valence-corrected chi connectivity index (χ2v) is 23.2. The van der Waals surface area contributed by atoms with Crippen LogP contribution in [0.2, 0.25) is 26.2 Å². The second kappa shape index (κ2) is 12.8. The van der Waals surface area contributed by atoms with Gasteiger partial charge in [0.25, 0.3) is 0 Å². The molecule has 0 amide bonds. The predicted molar refractivity (Wildman–Crippen MR) is 216 cm³/mol. The summed E-state index contributed by atoms with van der Waals surface area (Å²) in [5.41, 5.74) is 7.23. The zero-order chi connectivity index (χ0) is 34.9. The number of pyridine rings is 1. The number of allylic oxidation sites excluding steroid dienone is 2. The Bertz CT molecular complexity index is 2450. The Labute approximate surface area is 314 Å². The van der Waals surface area contributed by atoms with E-state index < -0.39 is 16.1 Å². The van der Waals surface area contributed by atoms with Crippen molar-refractivity contribution in [1.82, 2.24) is 4.98 Å². The topological polar surface area (TPSA) is 53.4 Å². The number of hydrogen-bond acceptors (Lipinski definition) is 4. The van der Waals surface area contributed by atoms with E-state index >= 15 is 0 Å². The third kappa shape index (κ3) is 5.79. The number of rotatable bonds is 2. The van der Waals surface area contributed by atoms with E-state index in [1.54, 1.807) is 0 Å². The van der Waals surface area contributed by atoms with Gasteiger partial charge in [0.15, 0.2) is 5.78 Å². The van der Waals surface area contributed by atoms with Gasteiger partial charge >= 0.3 is 0 Å². The summed E-state index contributed by atoms with van der Waals surface area (Å²) in [6.07, 6.45) is 1.17. The number of aromatic nitrogens is 1. The monoisotopic (exact) mass is 876 g/mol. The van der Waals surface area contributed by atoms with Gasteiger partial charge in [0.05, 0.1) is 27.4 Å². The molecule has 7 aromatic rings. The molecule has 51 heavy (non-hydrogen) atoms. The van der Waals surface area contributed by atoms with Gasteiger partial charge < -0.3 is 10.0 Å². The molecule has 4 nitrogen and oxygen atoms in total. The van der Waals surface area contributed by atoms with E-state index in [9.17, 15) is 4.79 Å². The van der Waals surface area contributed by atoms with Crippen molar-refractivity contribution in [3.63, 3.8) is 0 Å². The Morgan fingerprint density at radius 2 is 1.18 bits per heavy atom. The fraction of sp³-hybridized carbons (Fsp3) is 0.136. The van der Waals surface area contributed by atoms with Crippen molar-refractivity contribution in [2.24, 2.45) is 0 Å². The SMILES string of the molecule is CC(=O)/C=C(/C)O.C[Si]1(C)c2[c-]c(-c3ccc4ccccc4n3)cc3c2N(c2cc4ccccc4cc21)c1cc2ccccc2cc1[Si]3(C)C.[Ir]. The molecular formula is C44H39IrN2O2Si2-. The number of aliphatic hydroxyl groups is 1. The molecule has 2 aliphatic heterocycles. The Morgan fingerprint density at radius 3 is 1.71 bits per heavy atom. The van der Waals surface area contributed by atoms with E-state index in [2.05, 4.69) is 152 Å². The number of hydrogen-bond donors (Lipinski definition) is 1. The molecule has 255 valence electrons. The van der Waals surface area contributed by atoms with Crippen molar-refractivity contribution in [2.75, 3.05) is 4.90 Å². The smallest absolute Gasteiger partial charge is 0.155 e. The molecule has 0 spiro atoms. The quantitative estimate of drug-likeness (QED) is 0.0818. The standard InChI is InChI=1S/C39H31N2Si2.C5H8O2.Ir/c1-42(2)35-21-28-14-7-5-12-26(28)19-33(35)41-34-20-27-13-6-8-15-29(27)22-36(34)43(3,4)38-24-30(23-37(42)39(38)41)32-18-17-25-11-9-10-16-31(25)40-32;1-4(6)3-5(2)7;/h5-23H,1-4H3;3,6H,1-2H3;/q-1;;/b;4-3-;. The van der Waals surface area contributed by atoms with Crippen LogP contribution in [-0.2, 0) is 24.9 Å². The average Bonchev–Trinajstić information content (AvgIpc) is 3.09. The van der Waals surface area contributed by atoms with Crippen LogP contribution in [0.5, 0.6) is 0 Å². The van der Waals surface area contributed by atoms with Crippen molar-refractivity contribution in [3.05, 3.63) is 133 Å². The molecule has 2 aliphatic rings. The summed E-state index contributed by atoms with van der Waals surface area (Å²) >= 11 is 0. The number of carbonyl (C=O) groups is 1. The largest absolute Gasteiger partial charge is 0.512 e. The first-order chi connectivity index (χ1) is 23.9. The molecule has 6 aromatic carbocycles. The summed E-state index contributed by atoms with van der Waals surface area (Å²) in [7, 11) is -4.29. The molecule has 1 N–H and O–H groups in total. The Kier molecular flexibility index (Phi) is 8.75. The van der Waals surface area contributed by atoms with Crippen LogP contribution in [0.4, 0.5) is 17.1 Å². The minimum Gasteiger partial charge on any atom is -0.512 e. The summed E-state index contributed by atoms with van der Waals surface area (Å²) < 4.78 is 0.